The molecule has 0 aliphatic carbocycles. The van der Waals surface area contributed by atoms with Crippen LogP contribution in [0.25, 0.3) is 0 Å². The number of nitrogens with two attached hydrogens (primary N) is 1. The van der Waals surface area contributed by atoms with Crippen molar-refractivity contribution in [2.24, 2.45) is 5.73 Å². The number of benzene rings is 2. The number of hydrogen-bond donors (Lipinski definition) is 4. The Kier molecular flexibility index (Phi) is 13.3. The number of phenolic OH excluding ortho intramolecular Hbond substituents is 1. The van der Waals surface area contributed by atoms with Crippen LogP contribution in [0.2, 0.25) is 0 Å². The smallest absolute Gasteiger partial charge is 0.408 e. The molecule has 5 N–H and O–H groups in total. The largest absolute Gasteiger partial charge is 0.507 e. The molecule has 230 valence electrons. The second kappa shape index (κ2) is 16.4. The van der Waals surface area contributed by atoms with Gasteiger partial charge in [-0.1, -0.05) is 74.7 Å². The number of aryl methyl sites for hydroxylation is 1. The Morgan fingerprint density at radius 3 is 2.31 bits per heavy atom. The maximum atomic E-state index is 14.3. The van der Waals surface area contributed by atoms with Gasteiger partial charge in [0.25, 0.3) is 0 Å². The molecule has 0 aromatic heterocycles. The van der Waals surface area contributed by atoms with Gasteiger partial charge in [0, 0.05) is 25.1 Å². The molecule has 0 bridgehead atoms. The van der Waals surface area contributed by atoms with Crippen molar-refractivity contribution in [3.63, 3.8) is 0 Å². The molecule has 0 aliphatic heterocycles. The van der Waals surface area contributed by atoms with Crippen LogP contribution in [-0.4, -0.2) is 52.0 Å². The summed E-state index contributed by atoms with van der Waals surface area (Å²) in [5.74, 6) is -1.81. The van der Waals surface area contributed by atoms with Crippen LogP contribution < -0.4 is 16.4 Å². The van der Waals surface area contributed by atoms with Crippen LogP contribution in [0.1, 0.15) is 89.0 Å². The molecule has 0 heterocycles. The summed E-state index contributed by atoms with van der Waals surface area (Å²) in [4.78, 5) is 54.0. The average Bonchev–Trinajstić information content (AvgIpc) is 2.92. The van der Waals surface area contributed by atoms with Crippen molar-refractivity contribution in [3.05, 3.63) is 65.2 Å². The third kappa shape index (κ3) is 11.1. The number of phenols is 1. The molecule has 0 saturated heterocycles. The maximum absolute atomic E-state index is 14.3. The summed E-state index contributed by atoms with van der Waals surface area (Å²) >= 11 is 0. The Morgan fingerprint density at radius 1 is 1.00 bits per heavy atom. The fourth-order valence-electron chi connectivity index (χ4n) is 4.50. The van der Waals surface area contributed by atoms with Crippen molar-refractivity contribution < 1.29 is 29.0 Å². The van der Waals surface area contributed by atoms with Gasteiger partial charge in [0.05, 0.1) is 0 Å². The Morgan fingerprint density at radius 2 is 1.69 bits per heavy atom. The minimum Gasteiger partial charge on any atom is -0.507 e. The van der Waals surface area contributed by atoms with Gasteiger partial charge in [0.2, 0.25) is 17.7 Å². The summed E-state index contributed by atoms with van der Waals surface area (Å²) in [6.07, 6.45) is 2.21. The fraction of sp³-hybridized carbons (Fsp3) is 0.500. The van der Waals surface area contributed by atoms with E-state index in [1.165, 1.54) is 4.90 Å². The number of carbonyl (C=O) groups excluding carboxylic acids is 4. The van der Waals surface area contributed by atoms with Crippen molar-refractivity contribution in [1.29, 1.82) is 0 Å². The van der Waals surface area contributed by atoms with Crippen molar-refractivity contribution in [2.45, 2.75) is 97.4 Å². The van der Waals surface area contributed by atoms with Gasteiger partial charge in [0.15, 0.2) is 0 Å². The van der Waals surface area contributed by atoms with Crippen LogP contribution in [-0.2, 0) is 25.7 Å². The maximum Gasteiger partial charge on any atom is 0.408 e. The number of unbranched alkanes of at least 4 members (excludes halogenated alkanes) is 3. The molecule has 2 aromatic carbocycles. The van der Waals surface area contributed by atoms with Crippen molar-refractivity contribution in [1.82, 2.24) is 15.5 Å². The number of aromatic hydroxyl groups is 1. The summed E-state index contributed by atoms with van der Waals surface area (Å²) < 4.78 is 5.38. The molecule has 0 aliphatic rings. The van der Waals surface area contributed by atoms with Crippen molar-refractivity contribution in [3.8, 4) is 5.75 Å². The quantitative estimate of drug-likeness (QED) is 0.225. The molecule has 0 saturated carbocycles. The SMILES string of the molecule is CCCCCCN(C(=O)C(CCC(N)=O)NC(=O)OC(C)(C)C)C(C(=O)NCc1ccccc1)c1cccc(C)c1O. The summed E-state index contributed by atoms with van der Waals surface area (Å²) in [6.45, 7) is 9.26. The number of nitrogens with one attached hydrogen (secondary N) is 2. The van der Waals surface area contributed by atoms with Crippen molar-refractivity contribution >= 4 is 23.8 Å². The van der Waals surface area contributed by atoms with Crippen LogP contribution in [0.15, 0.2) is 48.5 Å². The molecule has 0 spiro atoms. The van der Waals surface area contributed by atoms with E-state index in [0.717, 1.165) is 24.8 Å². The molecule has 0 radical (unpaired) electrons. The van der Waals surface area contributed by atoms with E-state index in [1.807, 2.05) is 30.3 Å². The lowest BCUT2D eigenvalue weighted by atomic mass is 9.98. The summed E-state index contributed by atoms with van der Waals surface area (Å²) in [5, 5.41) is 16.6. The number of ether oxygens (including phenoxy) is 1. The summed E-state index contributed by atoms with van der Waals surface area (Å²) in [7, 11) is 0. The molecule has 10 heteroatoms. The predicted octanol–water partition coefficient (Wildman–Crippen LogP) is 4.63. The van der Waals surface area contributed by atoms with E-state index in [-0.39, 0.29) is 37.2 Å². The second-order valence-corrected chi connectivity index (χ2v) is 11.4. The highest BCUT2D eigenvalue weighted by atomic mass is 16.6. The first-order valence-electron chi connectivity index (χ1n) is 14.5. The van der Waals surface area contributed by atoms with E-state index in [0.29, 0.717) is 12.0 Å². The first kappa shape index (κ1) is 34.1. The normalized spacial score (nSPS) is 12.6. The number of rotatable bonds is 15. The highest BCUT2D eigenvalue weighted by Crippen LogP contribution is 2.33. The van der Waals surface area contributed by atoms with Gasteiger partial charge in [-0.15, -0.1) is 0 Å². The second-order valence-electron chi connectivity index (χ2n) is 11.4. The van der Waals surface area contributed by atoms with Crippen LogP contribution in [0.4, 0.5) is 4.79 Å². The van der Waals surface area contributed by atoms with E-state index in [2.05, 4.69) is 17.6 Å². The van der Waals surface area contributed by atoms with E-state index in [9.17, 15) is 24.3 Å². The number of amides is 4. The lowest BCUT2D eigenvalue weighted by molar-refractivity contribution is -0.143. The van der Waals surface area contributed by atoms with Crippen molar-refractivity contribution in [2.75, 3.05) is 6.54 Å². The minimum atomic E-state index is -1.21. The average molecular weight is 583 g/mol. The number of nitrogens with zero attached hydrogens (tertiary/aromatic N) is 1. The Bertz CT molecular complexity index is 1200. The standard InChI is InChI=1S/C32H46N4O6/c1-6-7-8-12-20-36(30(40)25(18-19-26(33)37)35-31(41)42-32(3,4)5)27(24-17-13-14-22(2)28(24)38)29(39)34-21-23-15-10-9-11-16-23/h9-11,13-17,25,27,38H,6-8,12,18-21H2,1-5H3,(H2,33,37)(H,34,39)(H,35,41). The molecule has 2 unspecified atom stereocenters. The molecular weight excluding hydrogens is 536 g/mol. The minimum absolute atomic E-state index is 0.0863. The highest BCUT2D eigenvalue weighted by molar-refractivity contribution is 5.93. The fourth-order valence-corrected chi connectivity index (χ4v) is 4.50. The van der Waals surface area contributed by atoms with Gasteiger partial charge in [-0.3, -0.25) is 14.4 Å². The van der Waals surface area contributed by atoms with Gasteiger partial charge < -0.3 is 31.1 Å². The first-order chi connectivity index (χ1) is 19.8. The molecule has 2 aromatic rings. The number of alkyl carbamates (subject to hydrolysis) is 1. The van der Waals surface area contributed by atoms with Crippen LogP contribution in [0, 0.1) is 6.92 Å². The van der Waals surface area contributed by atoms with Gasteiger partial charge in [-0.25, -0.2) is 4.79 Å². The third-order valence-corrected chi connectivity index (χ3v) is 6.64. The zero-order chi connectivity index (χ0) is 31.3. The van der Waals surface area contributed by atoms with Gasteiger partial charge >= 0.3 is 6.09 Å². The topological polar surface area (TPSA) is 151 Å². The monoisotopic (exact) mass is 582 g/mol. The van der Waals surface area contributed by atoms with E-state index < -0.39 is 41.5 Å². The zero-order valence-corrected chi connectivity index (χ0v) is 25.4. The van der Waals surface area contributed by atoms with E-state index in [1.54, 1.807) is 45.9 Å². The van der Waals surface area contributed by atoms with Gasteiger partial charge in [0.1, 0.15) is 23.4 Å². The number of hydrogen-bond acceptors (Lipinski definition) is 6. The number of primary amides is 1. The molecular formula is C32H46N4O6. The third-order valence-electron chi connectivity index (χ3n) is 6.64. The lowest BCUT2D eigenvalue weighted by Crippen LogP contribution is -2.53. The molecule has 2 atom stereocenters. The number of carbonyl (C=O) groups is 4. The molecule has 2 rings (SSSR count). The summed E-state index contributed by atoms with van der Waals surface area (Å²) in [5.41, 5.74) is 6.23. The van der Waals surface area contributed by atoms with E-state index >= 15 is 0 Å². The molecule has 42 heavy (non-hydrogen) atoms. The molecule has 10 nitrogen and oxygen atoms in total. The predicted molar refractivity (Wildman–Crippen MR) is 161 cm³/mol. The molecule has 4 amide bonds. The number of para-hydroxylation sites is 1. The zero-order valence-electron chi connectivity index (χ0n) is 25.4. The van der Waals surface area contributed by atoms with Gasteiger partial charge in [-0.05, 0) is 51.7 Å². The summed E-state index contributed by atoms with van der Waals surface area (Å²) in [6, 6.07) is 12.0. The Labute approximate surface area is 249 Å². The Balaban J connectivity index is 2.54. The lowest BCUT2D eigenvalue weighted by Gasteiger charge is -2.35. The van der Waals surface area contributed by atoms with E-state index in [4.69, 9.17) is 10.5 Å². The first-order valence-corrected chi connectivity index (χ1v) is 14.5. The van der Waals surface area contributed by atoms with Gasteiger partial charge in [-0.2, -0.15) is 0 Å². The van der Waals surface area contributed by atoms with Crippen LogP contribution in [0.5, 0.6) is 5.75 Å². The highest BCUT2D eigenvalue weighted by Gasteiger charge is 2.37. The molecule has 0 fully saturated rings. The van der Waals surface area contributed by atoms with Crippen LogP contribution >= 0.6 is 0 Å². The van der Waals surface area contributed by atoms with Crippen LogP contribution in [0.3, 0.4) is 0 Å². The Hall–Kier alpha value is -4.08.